The lowest BCUT2D eigenvalue weighted by atomic mass is 10.2. The van der Waals surface area contributed by atoms with Crippen LogP contribution in [0.15, 0.2) is 35.7 Å². The molecule has 1 aromatic carbocycles. The van der Waals surface area contributed by atoms with Crippen molar-refractivity contribution in [1.82, 2.24) is 15.3 Å². The molecule has 0 radical (unpaired) electrons. The second kappa shape index (κ2) is 6.62. The van der Waals surface area contributed by atoms with Crippen LogP contribution in [-0.2, 0) is 9.53 Å². The highest BCUT2D eigenvalue weighted by molar-refractivity contribution is 7.13. The number of benzene rings is 1. The maximum Gasteiger partial charge on any atom is 0.325 e. The summed E-state index contributed by atoms with van der Waals surface area (Å²) in [5, 5.41) is 5.98. The fourth-order valence-corrected chi connectivity index (χ4v) is 2.92. The highest BCUT2D eigenvalue weighted by Crippen LogP contribution is 2.26. The molecule has 0 saturated carbocycles. The molecule has 0 aliphatic heterocycles. The van der Waals surface area contributed by atoms with E-state index in [4.69, 9.17) is 4.74 Å². The summed E-state index contributed by atoms with van der Waals surface area (Å²) in [6, 6.07) is 9.92. The third-order valence-electron chi connectivity index (χ3n) is 3.20. The summed E-state index contributed by atoms with van der Waals surface area (Å²) in [7, 11) is 0. The number of rotatable bonds is 5. The van der Waals surface area contributed by atoms with Gasteiger partial charge in [0.1, 0.15) is 17.2 Å². The average molecular weight is 329 g/mol. The van der Waals surface area contributed by atoms with E-state index in [-0.39, 0.29) is 18.8 Å². The van der Waals surface area contributed by atoms with Gasteiger partial charge in [0, 0.05) is 16.3 Å². The van der Waals surface area contributed by atoms with Crippen LogP contribution in [0.5, 0.6) is 0 Å². The van der Waals surface area contributed by atoms with Gasteiger partial charge in [-0.15, -0.1) is 11.3 Å². The summed E-state index contributed by atoms with van der Waals surface area (Å²) >= 11 is 1.37. The van der Waals surface area contributed by atoms with Crippen molar-refractivity contribution >= 4 is 34.1 Å². The molecule has 0 bridgehead atoms. The quantitative estimate of drug-likeness (QED) is 0.705. The summed E-state index contributed by atoms with van der Waals surface area (Å²) < 4.78 is 4.76. The van der Waals surface area contributed by atoms with Crippen LogP contribution in [-0.4, -0.2) is 35.0 Å². The Morgan fingerprint density at radius 3 is 2.96 bits per heavy atom. The lowest BCUT2D eigenvalue weighted by molar-refractivity contribution is -0.141. The van der Waals surface area contributed by atoms with Crippen molar-refractivity contribution in [3.8, 4) is 10.7 Å². The molecule has 0 unspecified atom stereocenters. The number of para-hydroxylation sites is 1. The van der Waals surface area contributed by atoms with Crippen molar-refractivity contribution in [2.24, 2.45) is 0 Å². The minimum absolute atomic E-state index is 0.161. The number of aromatic nitrogens is 2. The van der Waals surface area contributed by atoms with E-state index in [9.17, 15) is 9.59 Å². The fourth-order valence-electron chi connectivity index (χ4n) is 2.15. The number of nitrogens with zero attached hydrogens (tertiary/aromatic N) is 1. The number of esters is 1. The van der Waals surface area contributed by atoms with Gasteiger partial charge in [0.2, 0.25) is 0 Å². The van der Waals surface area contributed by atoms with Crippen LogP contribution < -0.4 is 5.32 Å². The van der Waals surface area contributed by atoms with Crippen LogP contribution in [0.3, 0.4) is 0 Å². The van der Waals surface area contributed by atoms with E-state index in [1.807, 2.05) is 30.3 Å². The number of ether oxygens (including phenoxy) is 1. The van der Waals surface area contributed by atoms with Gasteiger partial charge in [-0.2, -0.15) is 0 Å². The normalized spacial score (nSPS) is 10.7. The third kappa shape index (κ3) is 3.40. The Kier molecular flexibility index (Phi) is 4.38. The van der Waals surface area contributed by atoms with E-state index in [2.05, 4.69) is 15.3 Å². The summed E-state index contributed by atoms with van der Waals surface area (Å²) in [6.45, 7) is 1.84. The van der Waals surface area contributed by atoms with E-state index >= 15 is 0 Å². The SMILES string of the molecule is CCOC(=O)CNC(=O)c1csc(-c2cc3ccccc3[nH]2)n1. The first kappa shape index (κ1) is 15.2. The van der Waals surface area contributed by atoms with Gasteiger partial charge in [0.05, 0.1) is 12.3 Å². The van der Waals surface area contributed by atoms with Crippen molar-refractivity contribution in [3.63, 3.8) is 0 Å². The van der Waals surface area contributed by atoms with Crippen LogP contribution in [0.4, 0.5) is 0 Å². The molecular formula is C16H15N3O3S. The van der Waals surface area contributed by atoms with E-state index in [1.54, 1.807) is 12.3 Å². The number of amides is 1. The zero-order valence-electron chi connectivity index (χ0n) is 12.5. The lowest BCUT2D eigenvalue weighted by Gasteiger charge is -2.02. The summed E-state index contributed by atoms with van der Waals surface area (Å²) in [6.07, 6.45) is 0. The van der Waals surface area contributed by atoms with E-state index in [0.717, 1.165) is 21.6 Å². The van der Waals surface area contributed by atoms with Crippen LogP contribution in [0.25, 0.3) is 21.6 Å². The molecule has 0 fully saturated rings. The molecule has 3 aromatic rings. The van der Waals surface area contributed by atoms with Gasteiger partial charge >= 0.3 is 5.97 Å². The lowest BCUT2D eigenvalue weighted by Crippen LogP contribution is -2.30. The first-order chi connectivity index (χ1) is 11.2. The fraction of sp³-hybridized carbons (Fsp3) is 0.188. The molecule has 2 heterocycles. The zero-order valence-corrected chi connectivity index (χ0v) is 13.3. The smallest absolute Gasteiger partial charge is 0.325 e. The van der Waals surface area contributed by atoms with Gasteiger partial charge in [0.15, 0.2) is 0 Å². The predicted molar refractivity (Wildman–Crippen MR) is 88.4 cm³/mol. The molecule has 0 spiro atoms. The Bertz CT molecular complexity index is 820. The molecule has 6 nitrogen and oxygen atoms in total. The number of aromatic amines is 1. The van der Waals surface area contributed by atoms with Crippen molar-refractivity contribution in [2.45, 2.75) is 6.92 Å². The first-order valence-electron chi connectivity index (χ1n) is 7.15. The number of thiazole rings is 1. The number of carbonyl (C=O) groups excluding carboxylic acids is 2. The molecule has 1 amide bonds. The van der Waals surface area contributed by atoms with Gasteiger partial charge in [-0.1, -0.05) is 18.2 Å². The van der Waals surface area contributed by atoms with Crippen LogP contribution in [0.2, 0.25) is 0 Å². The van der Waals surface area contributed by atoms with Gasteiger partial charge < -0.3 is 15.0 Å². The second-order valence-electron chi connectivity index (χ2n) is 4.80. The zero-order chi connectivity index (χ0) is 16.2. The van der Waals surface area contributed by atoms with Crippen molar-refractivity contribution < 1.29 is 14.3 Å². The maximum atomic E-state index is 12.0. The second-order valence-corrected chi connectivity index (χ2v) is 5.65. The largest absolute Gasteiger partial charge is 0.465 e. The monoisotopic (exact) mass is 329 g/mol. The molecular weight excluding hydrogens is 314 g/mol. The van der Waals surface area contributed by atoms with Gasteiger partial charge in [-0.25, -0.2) is 4.98 Å². The highest BCUT2D eigenvalue weighted by Gasteiger charge is 2.14. The first-order valence-corrected chi connectivity index (χ1v) is 8.03. The van der Waals surface area contributed by atoms with E-state index in [0.29, 0.717) is 0 Å². The Labute approximate surface area is 136 Å². The number of H-pyrrole nitrogens is 1. The number of hydrogen-bond acceptors (Lipinski definition) is 5. The topological polar surface area (TPSA) is 84.1 Å². The van der Waals surface area contributed by atoms with Gasteiger partial charge in [-0.05, 0) is 19.1 Å². The summed E-state index contributed by atoms with van der Waals surface area (Å²) in [4.78, 5) is 30.8. The molecule has 3 rings (SSSR count). The van der Waals surface area contributed by atoms with Crippen LogP contribution >= 0.6 is 11.3 Å². The van der Waals surface area contributed by atoms with Crippen molar-refractivity contribution in [2.75, 3.05) is 13.2 Å². The van der Waals surface area contributed by atoms with Crippen molar-refractivity contribution in [3.05, 3.63) is 41.4 Å². The Hall–Kier alpha value is -2.67. The number of nitrogens with one attached hydrogen (secondary N) is 2. The summed E-state index contributed by atoms with van der Waals surface area (Å²) in [5.41, 5.74) is 2.17. The highest BCUT2D eigenvalue weighted by atomic mass is 32.1. The minimum Gasteiger partial charge on any atom is -0.465 e. The molecule has 7 heteroatoms. The molecule has 2 aromatic heterocycles. The van der Waals surface area contributed by atoms with Gasteiger partial charge in [0.25, 0.3) is 5.91 Å². The van der Waals surface area contributed by atoms with Crippen molar-refractivity contribution in [1.29, 1.82) is 0 Å². The number of hydrogen-bond donors (Lipinski definition) is 2. The standard InChI is InChI=1S/C16H15N3O3S/c1-2-22-14(20)8-17-15(21)13-9-23-16(19-13)12-7-10-5-3-4-6-11(10)18-12/h3-7,9,18H,2,8H2,1H3,(H,17,21). The molecule has 0 aliphatic rings. The Morgan fingerprint density at radius 1 is 1.35 bits per heavy atom. The molecule has 0 atom stereocenters. The average Bonchev–Trinajstić information content (AvgIpc) is 3.19. The molecule has 0 aliphatic carbocycles. The van der Waals surface area contributed by atoms with E-state index in [1.165, 1.54) is 11.3 Å². The molecule has 118 valence electrons. The summed E-state index contributed by atoms with van der Waals surface area (Å²) in [5.74, 6) is -0.858. The van der Waals surface area contributed by atoms with Gasteiger partial charge in [-0.3, -0.25) is 9.59 Å². The van der Waals surface area contributed by atoms with Crippen LogP contribution in [0, 0.1) is 0 Å². The third-order valence-corrected chi connectivity index (χ3v) is 4.07. The van der Waals surface area contributed by atoms with Crippen LogP contribution in [0.1, 0.15) is 17.4 Å². The van der Waals surface area contributed by atoms with E-state index < -0.39 is 11.9 Å². The number of carbonyl (C=O) groups is 2. The predicted octanol–water partition coefficient (Wildman–Crippen LogP) is 2.58. The Balaban J connectivity index is 1.72. The maximum absolute atomic E-state index is 12.0. The molecule has 0 saturated heterocycles. The number of fused-ring (bicyclic) bond motifs is 1. The molecule has 23 heavy (non-hydrogen) atoms. The minimum atomic E-state index is -0.466. The Morgan fingerprint density at radius 2 is 2.17 bits per heavy atom. The molecule has 2 N–H and O–H groups in total.